The van der Waals surface area contributed by atoms with Crippen molar-refractivity contribution in [1.29, 1.82) is 0 Å². The molecule has 0 unspecified atom stereocenters. The Morgan fingerprint density at radius 1 is 1.16 bits per heavy atom. The second kappa shape index (κ2) is 8.17. The number of hydrogen-bond donors (Lipinski definition) is 3. The van der Waals surface area contributed by atoms with Crippen LogP contribution >= 0.6 is 0 Å². The van der Waals surface area contributed by atoms with Crippen LogP contribution < -0.4 is 5.32 Å². The summed E-state index contributed by atoms with van der Waals surface area (Å²) in [6.07, 6.45) is 3.33. The van der Waals surface area contributed by atoms with E-state index in [4.69, 9.17) is 0 Å². The largest absolute Gasteiger partial charge is 0.508 e. The molecule has 4 heteroatoms. The van der Waals surface area contributed by atoms with Crippen LogP contribution in [0.15, 0.2) is 48.5 Å². The van der Waals surface area contributed by atoms with Gasteiger partial charge in [-0.1, -0.05) is 42.5 Å². The van der Waals surface area contributed by atoms with E-state index in [1.165, 1.54) is 5.56 Å². The van der Waals surface area contributed by atoms with Crippen molar-refractivity contribution in [3.8, 4) is 5.75 Å². The zero-order valence-electron chi connectivity index (χ0n) is 14.3. The first kappa shape index (κ1) is 17.5. The van der Waals surface area contributed by atoms with E-state index in [9.17, 15) is 15.0 Å². The lowest BCUT2D eigenvalue weighted by atomic mass is 9.82. The lowest BCUT2D eigenvalue weighted by Gasteiger charge is -2.25. The zero-order valence-corrected chi connectivity index (χ0v) is 14.3. The number of hydrogen-bond acceptors (Lipinski definition) is 3. The summed E-state index contributed by atoms with van der Waals surface area (Å²) in [6.45, 7) is 0.260. The maximum absolute atomic E-state index is 12.5. The average molecular weight is 339 g/mol. The fourth-order valence-corrected chi connectivity index (χ4v) is 3.52. The number of amides is 1. The minimum atomic E-state index is -0.559. The van der Waals surface area contributed by atoms with Gasteiger partial charge in [0.15, 0.2) is 0 Å². The Kier molecular flexibility index (Phi) is 5.71. The molecule has 0 heterocycles. The number of nitrogens with one attached hydrogen (secondary N) is 1. The highest BCUT2D eigenvalue weighted by Gasteiger charge is 2.27. The van der Waals surface area contributed by atoms with Gasteiger partial charge in [-0.15, -0.1) is 0 Å². The summed E-state index contributed by atoms with van der Waals surface area (Å²) in [7, 11) is 0. The van der Waals surface area contributed by atoms with Gasteiger partial charge in [0.1, 0.15) is 5.75 Å². The Labute approximate surface area is 148 Å². The van der Waals surface area contributed by atoms with Gasteiger partial charge in [0.2, 0.25) is 5.91 Å². The molecule has 0 aliphatic heterocycles. The van der Waals surface area contributed by atoms with Crippen molar-refractivity contribution in [2.45, 2.75) is 44.1 Å². The molecule has 0 saturated heterocycles. The fourth-order valence-electron chi connectivity index (χ4n) is 3.52. The number of fused-ring (bicyclic) bond motifs is 1. The SMILES string of the molecule is O=C(NC[C@@H](O)CCc1ccccc1)[C@@H]1CCCc2c(O)cccc21. The molecule has 0 spiro atoms. The summed E-state index contributed by atoms with van der Waals surface area (Å²) < 4.78 is 0. The Morgan fingerprint density at radius 2 is 1.96 bits per heavy atom. The molecule has 2 aromatic rings. The van der Waals surface area contributed by atoms with Crippen LogP contribution in [0.2, 0.25) is 0 Å². The van der Waals surface area contributed by atoms with Gasteiger partial charge in [-0.2, -0.15) is 0 Å². The number of carbonyl (C=O) groups is 1. The van der Waals surface area contributed by atoms with E-state index in [-0.39, 0.29) is 24.1 Å². The van der Waals surface area contributed by atoms with E-state index in [2.05, 4.69) is 5.32 Å². The number of carbonyl (C=O) groups excluding carboxylic acids is 1. The molecule has 2 aromatic carbocycles. The number of aromatic hydroxyl groups is 1. The quantitative estimate of drug-likeness (QED) is 0.758. The minimum Gasteiger partial charge on any atom is -0.508 e. The summed E-state index contributed by atoms with van der Waals surface area (Å²) in [5.74, 6) is -0.0274. The summed E-state index contributed by atoms with van der Waals surface area (Å²) in [5.41, 5.74) is 2.99. The van der Waals surface area contributed by atoms with Crippen molar-refractivity contribution in [3.63, 3.8) is 0 Å². The van der Waals surface area contributed by atoms with Crippen LogP contribution in [0.5, 0.6) is 5.75 Å². The predicted octanol–water partition coefficient (Wildman–Crippen LogP) is 2.92. The number of rotatable bonds is 6. The monoisotopic (exact) mass is 339 g/mol. The number of aliphatic hydroxyl groups is 1. The van der Waals surface area contributed by atoms with E-state index in [0.29, 0.717) is 6.42 Å². The van der Waals surface area contributed by atoms with Gasteiger partial charge in [0.05, 0.1) is 12.0 Å². The smallest absolute Gasteiger partial charge is 0.227 e. The lowest BCUT2D eigenvalue weighted by molar-refractivity contribution is -0.123. The van der Waals surface area contributed by atoms with E-state index in [1.54, 1.807) is 12.1 Å². The van der Waals surface area contributed by atoms with Crippen molar-refractivity contribution in [3.05, 3.63) is 65.2 Å². The molecular weight excluding hydrogens is 314 g/mol. The topological polar surface area (TPSA) is 69.6 Å². The molecule has 3 N–H and O–H groups in total. The van der Waals surface area contributed by atoms with E-state index < -0.39 is 6.10 Å². The van der Waals surface area contributed by atoms with Crippen molar-refractivity contribution in [1.82, 2.24) is 5.32 Å². The van der Waals surface area contributed by atoms with Gasteiger partial charge in [-0.3, -0.25) is 4.79 Å². The van der Waals surface area contributed by atoms with Gasteiger partial charge >= 0.3 is 0 Å². The molecular formula is C21H25NO3. The molecule has 0 bridgehead atoms. The molecule has 132 valence electrons. The van der Waals surface area contributed by atoms with Crippen molar-refractivity contribution < 1.29 is 15.0 Å². The lowest BCUT2D eigenvalue weighted by Crippen LogP contribution is -2.36. The zero-order chi connectivity index (χ0) is 17.6. The molecule has 0 radical (unpaired) electrons. The molecule has 1 aliphatic rings. The third-order valence-electron chi connectivity index (χ3n) is 4.92. The number of phenols is 1. The predicted molar refractivity (Wildman–Crippen MR) is 97.6 cm³/mol. The van der Waals surface area contributed by atoms with Crippen LogP contribution in [0, 0.1) is 0 Å². The third kappa shape index (κ3) is 4.40. The first-order valence-electron chi connectivity index (χ1n) is 8.95. The van der Waals surface area contributed by atoms with E-state index >= 15 is 0 Å². The molecule has 2 atom stereocenters. The second-order valence-electron chi connectivity index (χ2n) is 6.71. The Bertz CT molecular complexity index is 714. The summed E-state index contributed by atoms with van der Waals surface area (Å²) >= 11 is 0. The minimum absolute atomic E-state index is 0.0645. The summed E-state index contributed by atoms with van der Waals surface area (Å²) in [5, 5.41) is 23.0. The van der Waals surface area contributed by atoms with Crippen LogP contribution in [0.4, 0.5) is 0 Å². The van der Waals surface area contributed by atoms with Crippen molar-refractivity contribution in [2.75, 3.05) is 6.54 Å². The molecule has 3 rings (SSSR count). The van der Waals surface area contributed by atoms with Gasteiger partial charge < -0.3 is 15.5 Å². The van der Waals surface area contributed by atoms with E-state index in [1.807, 2.05) is 36.4 Å². The van der Waals surface area contributed by atoms with Gasteiger partial charge in [-0.05, 0) is 54.9 Å². The van der Waals surface area contributed by atoms with Crippen LogP contribution in [0.3, 0.4) is 0 Å². The van der Waals surface area contributed by atoms with Gasteiger partial charge in [-0.25, -0.2) is 0 Å². The highest BCUT2D eigenvalue weighted by atomic mass is 16.3. The first-order valence-corrected chi connectivity index (χ1v) is 8.95. The Morgan fingerprint density at radius 3 is 2.76 bits per heavy atom. The Balaban J connectivity index is 1.52. The van der Waals surface area contributed by atoms with Gasteiger partial charge in [0, 0.05) is 6.54 Å². The highest BCUT2D eigenvalue weighted by molar-refractivity contribution is 5.84. The van der Waals surface area contributed by atoms with Crippen LogP contribution in [-0.2, 0) is 17.6 Å². The molecule has 25 heavy (non-hydrogen) atoms. The number of benzene rings is 2. The molecule has 0 saturated carbocycles. The van der Waals surface area contributed by atoms with E-state index in [0.717, 1.165) is 36.8 Å². The molecule has 0 aromatic heterocycles. The summed E-state index contributed by atoms with van der Waals surface area (Å²) in [4.78, 5) is 12.5. The van der Waals surface area contributed by atoms with Crippen molar-refractivity contribution in [2.24, 2.45) is 0 Å². The number of aryl methyl sites for hydroxylation is 1. The van der Waals surface area contributed by atoms with Crippen LogP contribution in [0.25, 0.3) is 0 Å². The molecule has 1 amide bonds. The third-order valence-corrected chi connectivity index (χ3v) is 4.92. The maximum Gasteiger partial charge on any atom is 0.227 e. The normalized spacial score (nSPS) is 17.6. The van der Waals surface area contributed by atoms with Gasteiger partial charge in [0.25, 0.3) is 0 Å². The molecule has 0 fully saturated rings. The fraction of sp³-hybridized carbons (Fsp3) is 0.381. The Hall–Kier alpha value is -2.33. The molecule has 4 nitrogen and oxygen atoms in total. The van der Waals surface area contributed by atoms with Crippen LogP contribution in [-0.4, -0.2) is 28.8 Å². The average Bonchev–Trinajstić information content (AvgIpc) is 2.65. The first-order chi connectivity index (χ1) is 12.1. The second-order valence-corrected chi connectivity index (χ2v) is 6.71. The standard InChI is InChI=1S/C21H25NO3/c23-16(13-12-15-6-2-1-3-7-15)14-22-21(25)19-10-4-9-18-17(19)8-5-11-20(18)24/h1-3,5-8,11,16,19,23-24H,4,9-10,12-14H2,(H,22,25)/t16-,19+/m0/s1. The van der Waals surface area contributed by atoms with Crippen LogP contribution in [0.1, 0.15) is 41.9 Å². The number of phenolic OH excluding ortho intramolecular Hbond substituents is 1. The number of aliphatic hydroxyl groups excluding tert-OH is 1. The highest BCUT2D eigenvalue weighted by Crippen LogP contribution is 2.36. The molecule has 1 aliphatic carbocycles. The maximum atomic E-state index is 12.5. The summed E-state index contributed by atoms with van der Waals surface area (Å²) in [6, 6.07) is 15.4. The van der Waals surface area contributed by atoms with Crippen molar-refractivity contribution >= 4 is 5.91 Å².